The number of carbonyl (C=O) groups is 2. The number of hydrazone groups is 1. The molecule has 0 unspecified atom stereocenters. The molecule has 0 spiro atoms. The Labute approximate surface area is 140 Å². The molecule has 0 fully saturated rings. The summed E-state index contributed by atoms with van der Waals surface area (Å²) in [7, 11) is 1.49. The van der Waals surface area contributed by atoms with Crippen LogP contribution >= 0.6 is 0 Å². The Kier molecular flexibility index (Phi) is 5.68. The maximum Gasteiger partial charge on any atom is 0.329 e. The predicted molar refractivity (Wildman–Crippen MR) is 93.2 cm³/mol. The number of aryl methyl sites for hydroxylation is 1. The summed E-state index contributed by atoms with van der Waals surface area (Å²) in [5.41, 5.74) is 5.27. The minimum Gasteiger partial charge on any atom is -0.495 e. The fraction of sp³-hybridized carbons (Fsp3) is 0.167. The molecule has 2 aromatic rings. The summed E-state index contributed by atoms with van der Waals surface area (Å²) in [6.07, 6.45) is 0. The van der Waals surface area contributed by atoms with E-state index in [1.54, 1.807) is 31.2 Å². The summed E-state index contributed by atoms with van der Waals surface area (Å²) in [6.45, 7) is 3.74. The standard InChI is InChI=1S/C18H19N3O3/c1-12-8-10-14(11-9-12)13(2)20-21-18(23)17(22)19-15-6-4-5-7-16(15)24-3/h4-11H,1-3H3,(H,19,22)(H,21,23)/b20-13+. The molecule has 2 rings (SSSR count). The second-order valence-electron chi connectivity index (χ2n) is 5.16. The van der Waals surface area contributed by atoms with Crippen molar-refractivity contribution < 1.29 is 14.3 Å². The molecule has 2 aromatic carbocycles. The van der Waals surface area contributed by atoms with Crippen LogP contribution in [0.4, 0.5) is 5.69 Å². The number of anilines is 1. The maximum atomic E-state index is 11.9. The van der Waals surface area contributed by atoms with Crippen molar-refractivity contribution in [2.45, 2.75) is 13.8 Å². The van der Waals surface area contributed by atoms with E-state index in [0.29, 0.717) is 17.1 Å². The average molecular weight is 325 g/mol. The Morgan fingerprint density at radius 2 is 1.67 bits per heavy atom. The fourth-order valence-corrected chi connectivity index (χ4v) is 1.97. The number of hydrogen-bond donors (Lipinski definition) is 2. The van der Waals surface area contributed by atoms with Crippen molar-refractivity contribution >= 4 is 23.2 Å². The second-order valence-corrected chi connectivity index (χ2v) is 5.16. The molecule has 2 N–H and O–H groups in total. The molecule has 124 valence electrons. The van der Waals surface area contributed by atoms with Crippen molar-refractivity contribution in [3.05, 3.63) is 59.7 Å². The number of nitrogens with one attached hydrogen (secondary N) is 2. The van der Waals surface area contributed by atoms with Crippen LogP contribution in [-0.4, -0.2) is 24.6 Å². The number of hydrogen-bond acceptors (Lipinski definition) is 4. The molecule has 0 aliphatic heterocycles. The Bertz CT molecular complexity index is 767. The van der Waals surface area contributed by atoms with E-state index < -0.39 is 11.8 Å². The van der Waals surface area contributed by atoms with Crippen LogP contribution in [0.3, 0.4) is 0 Å². The molecule has 6 heteroatoms. The summed E-state index contributed by atoms with van der Waals surface area (Å²) in [6, 6.07) is 14.5. The summed E-state index contributed by atoms with van der Waals surface area (Å²) in [4.78, 5) is 23.8. The van der Waals surface area contributed by atoms with Crippen LogP contribution in [0.1, 0.15) is 18.1 Å². The number of ether oxygens (including phenoxy) is 1. The third-order valence-electron chi connectivity index (χ3n) is 3.36. The fourth-order valence-electron chi connectivity index (χ4n) is 1.97. The molecule has 0 radical (unpaired) electrons. The van der Waals surface area contributed by atoms with Crippen molar-refractivity contribution in [2.24, 2.45) is 5.10 Å². The molecule has 0 heterocycles. The van der Waals surface area contributed by atoms with Gasteiger partial charge >= 0.3 is 11.8 Å². The number of methoxy groups -OCH3 is 1. The quantitative estimate of drug-likeness (QED) is 0.515. The lowest BCUT2D eigenvalue weighted by molar-refractivity contribution is -0.136. The monoisotopic (exact) mass is 325 g/mol. The first-order valence-electron chi connectivity index (χ1n) is 7.37. The molecule has 0 saturated heterocycles. The van der Waals surface area contributed by atoms with Gasteiger partial charge in [0.2, 0.25) is 0 Å². The molecule has 0 atom stereocenters. The van der Waals surface area contributed by atoms with Crippen LogP contribution in [0.25, 0.3) is 0 Å². The molecule has 0 aliphatic carbocycles. The first kappa shape index (κ1) is 17.2. The number of para-hydroxylation sites is 2. The zero-order valence-electron chi connectivity index (χ0n) is 13.8. The highest BCUT2D eigenvalue weighted by molar-refractivity contribution is 6.39. The molecule has 0 aliphatic rings. The van der Waals surface area contributed by atoms with Crippen molar-refractivity contribution in [1.82, 2.24) is 5.43 Å². The molecule has 0 aromatic heterocycles. The van der Waals surface area contributed by atoms with Crippen LogP contribution in [-0.2, 0) is 9.59 Å². The van der Waals surface area contributed by atoms with Gasteiger partial charge in [-0.25, -0.2) is 5.43 Å². The highest BCUT2D eigenvalue weighted by Crippen LogP contribution is 2.22. The zero-order chi connectivity index (χ0) is 17.5. The summed E-state index contributed by atoms with van der Waals surface area (Å²) < 4.78 is 5.12. The number of carbonyl (C=O) groups excluding carboxylic acids is 2. The molecular weight excluding hydrogens is 306 g/mol. The van der Waals surface area contributed by atoms with E-state index in [1.807, 2.05) is 31.2 Å². The largest absolute Gasteiger partial charge is 0.495 e. The highest BCUT2D eigenvalue weighted by Gasteiger charge is 2.15. The number of benzene rings is 2. The minimum atomic E-state index is -0.854. The van der Waals surface area contributed by atoms with Gasteiger partial charge in [-0.05, 0) is 31.5 Å². The minimum absolute atomic E-state index is 0.416. The van der Waals surface area contributed by atoms with Crippen molar-refractivity contribution in [3.8, 4) is 5.75 Å². The normalized spacial score (nSPS) is 10.9. The number of rotatable bonds is 4. The van der Waals surface area contributed by atoms with Gasteiger partial charge in [0.15, 0.2) is 0 Å². The second kappa shape index (κ2) is 7.92. The van der Waals surface area contributed by atoms with Gasteiger partial charge in [0.25, 0.3) is 0 Å². The Balaban J connectivity index is 2.00. The van der Waals surface area contributed by atoms with Gasteiger partial charge in [0.05, 0.1) is 18.5 Å². The smallest absolute Gasteiger partial charge is 0.329 e. The van der Waals surface area contributed by atoms with E-state index in [-0.39, 0.29) is 0 Å². The van der Waals surface area contributed by atoms with Crippen molar-refractivity contribution in [2.75, 3.05) is 12.4 Å². The molecule has 24 heavy (non-hydrogen) atoms. The van der Waals surface area contributed by atoms with Gasteiger partial charge in [0.1, 0.15) is 5.75 Å². The highest BCUT2D eigenvalue weighted by atomic mass is 16.5. The van der Waals surface area contributed by atoms with E-state index in [1.165, 1.54) is 7.11 Å². The van der Waals surface area contributed by atoms with E-state index in [9.17, 15) is 9.59 Å². The Morgan fingerprint density at radius 3 is 2.33 bits per heavy atom. The summed E-state index contributed by atoms with van der Waals surface area (Å²) >= 11 is 0. The third-order valence-corrected chi connectivity index (χ3v) is 3.36. The summed E-state index contributed by atoms with van der Waals surface area (Å²) in [5, 5.41) is 6.44. The first-order valence-corrected chi connectivity index (χ1v) is 7.37. The number of nitrogens with zero attached hydrogens (tertiary/aromatic N) is 1. The zero-order valence-corrected chi connectivity index (χ0v) is 13.8. The van der Waals surface area contributed by atoms with Crippen LogP contribution < -0.4 is 15.5 Å². The van der Waals surface area contributed by atoms with Gasteiger partial charge in [0, 0.05) is 0 Å². The first-order chi connectivity index (χ1) is 11.5. The lowest BCUT2D eigenvalue weighted by Crippen LogP contribution is -2.33. The van der Waals surface area contributed by atoms with E-state index >= 15 is 0 Å². The lowest BCUT2D eigenvalue weighted by Gasteiger charge is -2.09. The molecule has 6 nitrogen and oxygen atoms in total. The topological polar surface area (TPSA) is 79.8 Å². The summed E-state index contributed by atoms with van der Waals surface area (Å²) in [5.74, 6) is -1.20. The predicted octanol–water partition coefficient (Wildman–Crippen LogP) is 2.48. The van der Waals surface area contributed by atoms with Crippen molar-refractivity contribution in [3.63, 3.8) is 0 Å². The Morgan fingerprint density at radius 1 is 1.00 bits per heavy atom. The molecule has 2 amide bonds. The number of amides is 2. The van der Waals surface area contributed by atoms with Crippen molar-refractivity contribution in [1.29, 1.82) is 0 Å². The van der Waals surface area contributed by atoms with Gasteiger partial charge in [-0.3, -0.25) is 9.59 Å². The van der Waals surface area contributed by atoms with Crippen LogP contribution in [0.15, 0.2) is 53.6 Å². The van der Waals surface area contributed by atoms with Gasteiger partial charge in [-0.1, -0.05) is 42.0 Å². The molecule has 0 saturated carbocycles. The maximum absolute atomic E-state index is 11.9. The molecular formula is C18H19N3O3. The third kappa shape index (κ3) is 4.42. The van der Waals surface area contributed by atoms with Crippen LogP contribution in [0, 0.1) is 6.92 Å². The van der Waals surface area contributed by atoms with Gasteiger partial charge < -0.3 is 10.1 Å². The van der Waals surface area contributed by atoms with E-state index in [2.05, 4.69) is 15.8 Å². The van der Waals surface area contributed by atoms with E-state index in [4.69, 9.17) is 4.74 Å². The van der Waals surface area contributed by atoms with Crippen LogP contribution in [0.5, 0.6) is 5.75 Å². The van der Waals surface area contributed by atoms with E-state index in [0.717, 1.165) is 11.1 Å². The SMILES string of the molecule is COc1ccccc1NC(=O)C(=O)N/N=C(\C)c1ccc(C)cc1. The van der Waals surface area contributed by atoms with Gasteiger partial charge in [-0.2, -0.15) is 5.10 Å². The average Bonchev–Trinajstić information content (AvgIpc) is 2.60. The van der Waals surface area contributed by atoms with Crippen LogP contribution in [0.2, 0.25) is 0 Å². The lowest BCUT2D eigenvalue weighted by atomic mass is 10.1. The Hall–Kier alpha value is -3.15. The molecule has 0 bridgehead atoms. The van der Waals surface area contributed by atoms with Gasteiger partial charge in [-0.15, -0.1) is 0 Å².